The van der Waals surface area contributed by atoms with Crippen molar-refractivity contribution in [3.8, 4) is 34.0 Å². The number of nitrogens with one attached hydrogen (secondary N) is 1. The van der Waals surface area contributed by atoms with Crippen LogP contribution in [-0.2, 0) is 11.2 Å². The molecule has 1 heterocycles. The van der Waals surface area contributed by atoms with Gasteiger partial charge in [-0.15, -0.1) is 0 Å². The van der Waals surface area contributed by atoms with Gasteiger partial charge >= 0.3 is 5.16 Å². The van der Waals surface area contributed by atoms with E-state index in [1.165, 1.54) is 0 Å². The number of imidazole rings is 1. The van der Waals surface area contributed by atoms with Gasteiger partial charge in [-0.25, -0.2) is 0 Å². The Bertz CT molecular complexity index is 856. The third-order valence-electron chi connectivity index (χ3n) is 4.48. The molecule has 0 aliphatic heterocycles. The molecule has 7 heteroatoms. The summed E-state index contributed by atoms with van der Waals surface area (Å²) in [6.07, 6.45) is 0. The second-order valence-electron chi connectivity index (χ2n) is 6.91. The maximum Gasteiger partial charge on any atom is 0.322 e. The first-order chi connectivity index (χ1) is 13.4. The van der Waals surface area contributed by atoms with Crippen molar-refractivity contribution in [3.63, 3.8) is 0 Å². The topological polar surface area (TPSA) is 90.4 Å². The van der Waals surface area contributed by atoms with Crippen LogP contribution in [-0.4, -0.2) is 45.2 Å². The van der Waals surface area contributed by atoms with E-state index in [1.807, 2.05) is 48.5 Å². The van der Waals surface area contributed by atoms with Crippen LogP contribution < -0.4 is 9.47 Å². The molecule has 6 nitrogen and oxygen atoms in total. The SMILES string of the molecule is COc1ccc(-c2nc([S+]([O-])C(C)(C)CO)[nH]c2-c2ccc(OC)cc2)cc1. The Morgan fingerprint density at radius 2 is 1.46 bits per heavy atom. The molecule has 0 amide bonds. The summed E-state index contributed by atoms with van der Waals surface area (Å²) in [5.41, 5.74) is 3.20. The number of methoxy groups -OCH3 is 2. The van der Waals surface area contributed by atoms with Crippen LogP contribution in [0.1, 0.15) is 13.8 Å². The number of aromatic nitrogens is 2. The first kappa shape index (κ1) is 20.3. The fourth-order valence-electron chi connectivity index (χ4n) is 2.68. The number of aromatic amines is 1. The van der Waals surface area contributed by atoms with Crippen molar-refractivity contribution < 1.29 is 19.1 Å². The molecule has 1 atom stereocenters. The highest BCUT2D eigenvalue weighted by Gasteiger charge is 2.36. The predicted octanol–water partition coefficient (Wildman–Crippen LogP) is 3.64. The summed E-state index contributed by atoms with van der Waals surface area (Å²) < 4.78 is 22.6. The smallest absolute Gasteiger partial charge is 0.322 e. The maximum atomic E-state index is 12.9. The molecule has 3 rings (SSSR count). The van der Waals surface area contributed by atoms with Crippen LogP contribution in [0.2, 0.25) is 0 Å². The van der Waals surface area contributed by atoms with E-state index in [4.69, 9.17) is 9.47 Å². The molecule has 3 aromatic rings. The summed E-state index contributed by atoms with van der Waals surface area (Å²) in [7, 11) is 3.23. The Labute approximate surface area is 167 Å². The molecule has 0 saturated heterocycles. The quantitative estimate of drug-likeness (QED) is 0.591. The van der Waals surface area contributed by atoms with Gasteiger partial charge in [-0.1, -0.05) is 0 Å². The van der Waals surface area contributed by atoms with Crippen molar-refractivity contribution in [3.05, 3.63) is 48.5 Å². The largest absolute Gasteiger partial charge is 0.609 e. The number of H-pyrrole nitrogens is 1. The van der Waals surface area contributed by atoms with Crippen LogP contribution in [0.5, 0.6) is 11.5 Å². The first-order valence-electron chi connectivity index (χ1n) is 8.81. The molecule has 0 aliphatic rings. The monoisotopic (exact) mass is 400 g/mol. The van der Waals surface area contributed by atoms with E-state index in [1.54, 1.807) is 28.1 Å². The molecule has 1 unspecified atom stereocenters. The molecule has 0 spiro atoms. The molecule has 2 aromatic carbocycles. The van der Waals surface area contributed by atoms with Gasteiger partial charge in [0.25, 0.3) is 0 Å². The van der Waals surface area contributed by atoms with Crippen molar-refractivity contribution in [1.29, 1.82) is 0 Å². The number of nitrogens with zero attached hydrogens (tertiary/aromatic N) is 1. The van der Waals surface area contributed by atoms with E-state index >= 15 is 0 Å². The number of aliphatic hydroxyl groups is 1. The van der Waals surface area contributed by atoms with Gasteiger partial charge in [0.15, 0.2) is 4.75 Å². The highest BCUT2D eigenvalue weighted by atomic mass is 32.2. The lowest BCUT2D eigenvalue weighted by Crippen LogP contribution is -2.36. The van der Waals surface area contributed by atoms with E-state index in [2.05, 4.69) is 9.97 Å². The number of benzene rings is 2. The molecule has 0 saturated carbocycles. The fourth-order valence-corrected chi connectivity index (χ4v) is 3.69. The second kappa shape index (κ2) is 8.26. The van der Waals surface area contributed by atoms with Crippen LogP contribution in [0.3, 0.4) is 0 Å². The Balaban J connectivity index is 2.11. The van der Waals surface area contributed by atoms with Gasteiger partial charge in [0, 0.05) is 22.3 Å². The summed E-state index contributed by atoms with van der Waals surface area (Å²) >= 11 is -1.51. The van der Waals surface area contributed by atoms with Crippen molar-refractivity contribution in [1.82, 2.24) is 9.97 Å². The van der Waals surface area contributed by atoms with Crippen molar-refractivity contribution in [2.24, 2.45) is 0 Å². The Hall–Kier alpha value is -2.48. The number of rotatable bonds is 7. The third kappa shape index (κ3) is 4.01. The minimum atomic E-state index is -1.51. The lowest BCUT2D eigenvalue weighted by atomic mass is 10.0. The van der Waals surface area contributed by atoms with Gasteiger partial charge in [0.1, 0.15) is 17.2 Å². The molecule has 0 bridgehead atoms. The Kier molecular flexibility index (Phi) is 5.98. The first-order valence-corrected chi connectivity index (χ1v) is 9.96. The molecule has 0 aliphatic carbocycles. The average molecular weight is 401 g/mol. The second-order valence-corrected chi connectivity index (χ2v) is 8.94. The number of aliphatic hydroxyl groups excluding tert-OH is 1. The van der Waals surface area contributed by atoms with E-state index in [0.717, 1.165) is 28.3 Å². The average Bonchev–Trinajstić information content (AvgIpc) is 3.18. The highest BCUT2D eigenvalue weighted by Crippen LogP contribution is 2.35. The van der Waals surface area contributed by atoms with E-state index in [9.17, 15) is 9.66 Å². The van der Waals surface area contributed by atoms with Gasteiger partial charge in [-0.2, -0.15) is 4.98 Å². The summed E-state index contributed by atoms with van der Waals surface area (Å²) in [6, 6.07) is 15.1. The zero-order valence-electron chi connectivity index (χ0n) is 16.4. The van der Waals surface area contributed by atoms with Crippen LogP contribution >= 0.6 is 0 Å². The van der Waals surface area contributed by atoms with E-state index in [-0.39, 0.29) is 6.61 Å². The molecular weight excluding hydrogens is 376 g/mol. The van der Waals surface area contributed by atoms with Crippen LogP contribution in [0.15, 0.2) is 53.7 Å². The van der Waals surface area contributed by atoms with E-state index in [0.29, 0.717) is 10.9 Å². The zero-order chi connectivity index (χ0) is 20.3. The lowest BCUT2D eigenvalue weighted by molar-refractivity contribution is 0.257. The predicted molar refractivity (Wildman–Crippen MR) is 110 cm³/mol. The summed E-state index contributed by atoms with van der Waals surface area (Å²) in [6.45, 7) is 3.27. The number of hydrogen-bond donors (Lipinski definition) is 2. The van der Waals surface area contributed by atoms with Crippen LogP contribution in [0, 0.1) is 0 Å². The third-order valence-corrected chi connectivity index (χ3v) is 6.16. The van der Waals surface area contributed by atoms with Gasteiger partial charge in [-0.3, -0.25) is 4.98 Å². The Morgan fingerprint density at radius 1 is 0.964 bits per heavy atom. The summed E-state index contributed by atoms with van der Waals surface area (Å²) in [5, 5.41) is 9.92. The van der Waals surface area contributed by atoms with Crippen molar-refractivity contribution >= 4 is 11.2 Å². The van der Waals surface area contributed by atoms with Gasteiger partial charge in [0.05, 0.1) is 26.5 Å². The van der Waals surface area contributed by atoms with Crippen LogP contribution in [0.25, 0.3) is 22.5 Å². The molecule has 2 N–H and O–H groups in total. The standard InChI is InChI=1S/C21H24N2O4S/c1-21(2,13-24)28(25)20-22-18(14-5-9-16(26-3)10-6-14)19(23-20)15-7-11-17(27-4)12-8-15/h5-12,24H,13H2,1-4H3,(H,22,23). The Morgan fingerprint density at radius 3 is 1.93 bits per heavy atom. The van der Waals surface area contributed by atoms with Gasteiger partial charge in [0.2, 0.25) is 0 Å². The summed E-state index contributed by atoms with van der Waals surface area (Å²) in [5.74, 6) is 1.50. The molecule has 1 aromatic heterocycles. The lowest BCUT2D eigenvalue weighted by Gasteiger charge is -2.23. The van der Waals surface area contributed by atoms with Crippen LogP contribution in [0.4, 0.5) is 0 Å². The van der Waals surface area contributed by atoms with Crippen molar-refractivity contribution in [2.45, 2.75) is 23.8 Å². The molecular formula is C21H24N2O4S. The number of hydrogen-bond acceptors (Lipinski definition) is 5. The van der Waals surface area contributed by atoms with E-state index < -0.39 is 15.9 Å². The highest BCUT2D eigenvalue weighted by molar-refractivity contribution is 7.92. The minimum absolute atomic E-state index is 0.212. The molecule has 0 fully saturated rings. The zero-order valence-corrected chi connectivity index (χ0v) is 17.2. The van der Waals surface area contributed by atoms with Crippen molar-refractivity contribution in [2.75, 3.05) is 20.8 Å². The number of ether oxygens (including phenoxy) is 2. The fraction of sp³-hybridized carbons (Fsp3) is 0.286. The minimum Gasteiger partial charge on any atom is -0.609 e. The van der Waals surface area contributed by atoms with Gasteiger partial charge in [-0.05, 0) is 62.4 Å². The molecule has 0 radical (unpaired) electrons. The maximum absolute atomic E-state index is 12.9. The molecule has 28 heavy (non-hydrogen) atoms. The summed E-state index contributed by atoms with van der Waals surface area (Å²) in [4.78, 5) is 7.84. The molecule has 148 valence electrons. The van der Waals surface area contributed by atoms with Gasteiger partial charge < -0.3 is 19.1 Å². The normalized spacial score (nSPS) is 12.6.